The maximum Gasteiger partial charge on any atom is 0.460 e. The van der Waals surface area contributed by atoms with Crippen LogP contribution in [0.1, 0.15) is 27.2 Å². The molecule has 0 aliphatic rings. The predicted molar refractivity (Wildman–Crippen MR) is 122 cm³/mol. The summed E-state index contributed by atoms with van der Waals surface area (Å²) in [6, 6.07) is 8.00. The van der Waals surface area contributed by atoms with Crippen molar-refractivity contribution >= 4 is 25.6 Å². The fourth-order valence-corrected chi connectivity index (χ4v) is 4.26. The fourth-order valence-electron chi connectivity index (χ4n) is 2.49. The summed E-state index contributed by atoms with van der Waals surface area (Å²) in [7, 11) is -2.02. The number of hydrogen-bond acceptors (Lipinski definition) is 9. The van der Waals surface area contributed by atoms with Gasteiger partial charge in [-0.2, -0.15) is 5.09 Å². The molecule has 1 amide bonds. The molecule has 0 saturated heterocycles. The van der Waals surface area contributed by atoms with E-state index in [-0.39, 0.29) is 18.7 Å². The minimum absolute atomic E-state index is 0.0453. The van der Waals surface area contributed by atoms with Crippen LogP contribution in [-0.2, 0) is 32.9 Å². The number of terminal acetylenes is 1. The van der Waals surface area contributed by atoms with Crippen LogP contribution in [0.5, 0.6) is 5.75 Å². The van der Waals surface area contributed by atoms with Gasteiger partial charge in [-0.05, 0) is 19.1 Å². The van der Waals surface area contributed by atoms with Crippen molar-refractivity contribution in [2.24, 2.45) is 5.41 Å². The highest BCUT2D eigenvalue weighted by Crippen LogP contribution is 2.47. The Bertz CT molecular complexity index is 945. The van der Waals surface area contributed by atoms with Crippen LogP contribution in [0, 0.1) is 17.8 Å². The second kappa shape index (κ2) is 12.5. The number of aliphatic hydroxyl groups excluding tert-OH is 1. The van der Waals surface area contributed by atoms with Crippen molar-refractivity contribution in [3.63, 3.8) is 0 Å². The lowest BCUT2D eigenvalue weighted by molar-refractivity contribution is -0.145. The van der Waals surface area contributed by atoms with Crippen molar-refractivity contribution in [3.8, 4) is 18.1 Å². The summed E-state index contributed by atoms with van der Waals surface area (Å²) < 4.78 is 33.8. The maximum absolute atomic E-state index is 13.6. The van der Waals surface area contributed by atoms with Crippen molar-refractivity contribution < 1.29 is 42.6 Å². The van der Waals surface area contributed by atoms with E-state index >= 15 is 0 Å². The number of carbonyl (C=O) groups excluding carboxylic acids is 3. The number of ether oxygens (including phenoxy) is 2. The van der Waals surface area contributed by atoms with Crippen LogP contribution in [0.4, 0.5) is 0 Å². The van der Waals surface area contributed by atoms with E-state index in [0.717, 1.165) is 7.11 Å². The highest BCUT2D eigenvalue weighted by Gasteiger charge is 2.44. The van der Waals surface area contributed by atoms with Crippen molar-refractivity contribution in [2.45, 2.75) is 38.8 Å². The topological polar surface area (TPSA) is 149 Å². The molecule has 0 bridgehead atoms. The third-order valence-corrected chi connectivity index (χ3v) is 6.30. The first kappa shape index (κ1) is 29.1. The molecule has 0 heterocycles. The second-order valence-corrected chi connectivity index (χ2v) is 9.72. The molecule has 11 nitrogen and oxygen atoms in total. The Balaban J connectivity index is 3.03. The van der Waals surface area contributed by atoms with Crippen molar-refractivity contribution in [1.82, 2.24) is 10.4 Å². The molecular formula is C22H31N2O9P. The number of hydrogen-bond donors (Lipinski definition) is 3. The van der Waals surface area contributed by atoms with Crippen LogP contribution in [-0.4, -0.2) is 62.0 Å². The van der Waals surface area contributed by atoms with Gasteiger partial charge in [0.1, 0.15) is 11.9 Å². The van der Waals surface area contributed by atoms with Crippen LogP contribution < -0.4 is 14.9 Å². The molecule has 3 N–H and O–H groups in total. The summed E-state index contributed by atoms with van der Waals surface area (Å²) in [5.41, 5.74) is -3.14. The highest BCUT2D eigenvalue weighted by molar-refractivity contribution is 7.52. The van der Waals surface area contributed by atoms with Gasteiger partial charge >= 0.3 is 19.7 Å². The molecular weight excluding hydrogens is 467 g/mol. The van der Waals surface area contributed by atoms with E-state index in [0.29, 0.717) is 0 Å². The molecule has 0 spiro atoms. The number of rotatable bonds is 13. The second-order valence-electron chi connectivity index (χ2n) is 8.06. The van der Waals surface area contributed by atoms with E-state index in [4.69, 9.17) is 15.5 Å². The number of aliphatic hydroxyl groups is 1. The smallest absolute Gasteiger partial charge is 0.460 e. The van der Waals surface area contributed by atoms with Gasteiger partial charge in [0, 0.05) is 12.0 Å². The van der Waals surface area contributed by atoms with E-state index in [9.17, 15) is 24.1 Å². The molecule has 1 rings (SSSR count). The zero-order valence-electron chi connectivity index (χ0n) is 19.8. The van der Waals surface area contributed by atoms with Crippen molar-refractivity contribution in [3.05, 3.63) is 30.3 Å². The molecule has 3 atom stereocenters. The van der Waals surface area contributed by atoms with Gasteiger partial charge in [0.2, 0.25) is 5.91 Å². The molecule has 1 unspecified atom stereocenters. The first-order valence-corrected chi connectivity index (χ1v) is 11.7. The lowest BCUT2D eigenvalue weighted by Crippen LogP contribution is -2.49. The molecule has 0 fully saturated rings. The normalized spacial score (nSPS) is 15.6. The lowest BCUT2D eigenvalue weighted by atomic mass is 9.87. The Morgan fingerprint density at radius 3 is 2.29 bits per heavy atom. The van der Waals surface area contributed by atoms with Gasteiger partial charge in [0.15, 0.2) is 5.54 Å². The van der Waals surface area contributed by atoms with E-state index in [1.54, 1.807) is 18.2 Å². The summed E-state index contributed by atoms with van der Waals surface area (Å²) in [6.07, 6.45) is 3.78. The molecule has 34 heavy (non-hydrogen) atoms. The molecule has 0 saturated carbocycles. The Morgan fingerprint density at radius 1 is 1.15 bits per heavy atom. The standard InChI is InChI=1S/C22H31N2O9P/c1-7-22(4,20(28)31-6)24-34(29,33-16-11-9-8-10-12-16)32-15-21(2,3)18(26)19(27)23-14-13-17(25)30-5/h1,8-12,18,26H,13-15H2,2-6H3,(H,23,27)(H,24,29)/t18-,22+,34?/m0/s1. The maximum atomic E-state index is 13.6. The summed E-state index contributed by atoms with van der Waals surface area (Å²) in [5, 5.41) is 15.3. The van der Waals surface area contributed by atoms with Crippen molar-refractivity contribution in [1.29, 1.82) is 0 Å². The number of para-hydroxylation sites is 1. The first-order valence-electron chi connectivity index (χ1n) is 10.2. The lowest BCUT2D eigenvalue weighted by Gasteiger charge is -2.33. The van der Waals surface area contributed by atoms with Crippen LogP contribution in [0.25, 0.3) is 0 Å². The van der Waals surface area contributed by atoms with E-state index < -0.39 is 49.3 Å². The molecule has 0 aliphatic carbocycles. The Kier molecular flexibility index (Phi) is 10.7. The van der Waals surface area contributed by atoms with Crippen LogP contribution in [0.2, 0.25) is 0 Å². The quantitative estimate of drug-likeness (QED) is 0.207. The molecule has 1 aromatic rings. The summed E-state index contributed by atoms with van der Waals surface area (Å²) in [6.45, 7) is 3.75. The number of benzene rings is 1. The molecule has 0 aliphatic heterocycles. The highest BCUT2D eigenvalue weighted by atomic mass is 31.2. The Hall–Kier alpha value is -2.90. The number of amides is 1. The Morgan fingerprint density at radius 2 is 1.76 bits per heavy atom. The van der Waals surface area contributed by atoms with Gasteiger partial charge in [0.05, 0.1) is 27.2 Å². The molecule has 1 aromatic carbocycles. The summed E-state index contributed by atoms with van der Waals surface area (Å²) in [5.74, 6) is 0.133. The molecule has 0 radical (unpaired) electrons. The van der Waals surface area contributed by atoms with Gasteiger partial charge in [-0.3, -0.25) is 14.1 Å². The van der Waals surface area contributed by atoms with Gasteiger partial charge in [-0.1, -0.05) is 38.0 Å². The summed E-state index contributed by atoms with van der Waals surface area (Å²) >= 11 is 0. The minimum Gasteiger partial charge on any atom is -0.469 e. The zero-order valence-corrected chi connectivity index (χ0v) is 20.7. The summed E-state index contributed by atoms with van der Waals surface area (Å²) in [4.78, 5) is 35.7. The average molecular weight is 498 g/mol. The monoisotopic (exact) mass is 498 g/mol. The molecule has 188 valence electrons. The van der Waals surface area contributed by atoms with E-state index in [1.807, 2.05) is 0 Å². The van der Waals surface area contributed by atoms with Gasteiger partial charge in [-0.25, -0.2) is 9.36 Å². The van der Waals surface area contributed by atoms with Crippen molar-refractivity contribution in [2.75, 3.05) is 27.4 Å². The number of esters is 2. The third kappa shape index (κ3) is 8.47. The Labute approximate surface area is 199 Å². The molecule has 0 aromatic heterocycles. The van der Waals surface area contributed by atoms with Gasteiger partial charge in [0.25, 0.3) is 0 Å². The fraction of sp³-hybridized carbons (Fsp3) is 0.500. The average Bonchev–Trinajstić information content (AvgIpc) is 2.82. The minimum atomic E-state index is -4.35. The predicted octanol–water partition coefficient (Wildman–Crippen LogP) is 1.41. The molecule has 12 heteroatoms. The van der Waals surface area contributed by atoms with Gasteiger partial charge < -0.3 is 24.4 Å². The number of carbonyl (C=O) groups is 3. The van der Waals surface area contributed by atoms with Gasteiger partial charge in [-0.15, -0.1) is 6.42 Å². The first-order chi connectivity index (χ1) is 15.8. The third-order valence-electron chi connectivity index (χ3n) is 4.66. The van der Waals surface area contributed by atoms with Crippen LogP contribution in [0.3, 0.4) is 0 Å². The van der Waals surface area contributed by atoms with E-state index in [1.165, 1.54) is 40.0 Å². The number of nitrogens with one attached hydrogen (secondary N) is 2. The van der Waals surface area contributed by atoms with Crippen LogP contribution >= 0.6 is 7.75 Å². The number of methoxy groups -OCH3 is 2. The SMILES string of the molecule is C#C[C@@](C)(NP(=O)(OCC(C)(C)[C@@H](O)C(=O)NCCC(=O)OC)Oc1ccccc1)C(=O)OC. The largest absolute Gasteiger partial charge is 0.469 e. The zero-order chi connectivity index (χ0) is 26.0. The van der Waals surface area contributed by atoms with E-state index in [2.05, 4.69) is 25.8 Å². The van der Waals surface area contributed by atoms with Crippen LogP contribution in [0.15, 0.2) is 30.3 Å².